The van der Waals surface area contributed by atoms with Crippen LogP contribution < -0.4 is 5.32 Å². The second-order valence-corrected chi connectivity index (χ2v) is 5.44. The van der Waals surface area contributed by atoms with E-state index < -0.39 is 41.1 Å². The molecule has 0 fully saturated rings. The van der Waals surface area contributed by atoms with Gasteiger partial charge in [0.1, 0.15) is 0 Å². The lowest BCUT2D eigenvalue weighted by atomic mass is 9.99. The van der Waals surface area contributed by atoms with Crippen molar-refractivity contribution in [2.45, 2.75) is 18.4 Å². The Hall–Kier alpha value is -3.22. The number of rotatable bonds is 4. The number of alkyl halides is 6. The van der Waals surface area contributed by atoms with Crippen LogP contribution in [0, 0.1) is 11.3 Å². The molecule has 0 saturated heterocycles. The van der Waals surface area contributed by atoms with E-state index in [0.29, 0.717) is 12.1 Å². The number of carbonyl (C=O) groups is 1. The molecule has 2 rings (SSSR count). The molecule has 4 nitrogen and oxygen atoms in total. The number of benzene rings is 2. The quantitative estimate of drug-likeness (QED) is 0.736. The van der Waals surface area contributed by atoms with E-state index in [2.05, 4.69) is 5.32 Å². The topological polar surface area (TPSA) is 73.1 Å². The number of aliphatic carboxylic acids is 1. The molecule has 0 radical (unpaired) electrons. The number of nitriles is 1. The van der Waals surface area contributed by atoms with Gasteiger partial charge in [0.15, 0.2) is 6.04 Å². The fourth-order valence-corrected chi connectivity index (χ4v) is 2.24. The largest absolute Gasteiger partial charge is 0.479 e. The summed E-state index contributed by atoms with van der Waals surface area (Å²) in [6.45, 7) is 0. The van der Waals surface area contributed by atoms with Crippen molar-refractivity contribution in [2.24, 2.45) is 0 Å². The van der Waals surface area contributed by atoms with Crippen molar-refractivity contribution in [3.05, 3.63) is 64.7 Å². The third-order valence-corrected chi connectivity index (χ3v) is 3.52. The van der Waals surface area contributed by atoms with Crippen molar-refractivity contribution in [1.82, 2.24) is 0 Å². The van der Waals surface area contributed by atoms with Crippen LogP contribution in [-0.2, 0) is 17.1 Å². The molecule has 2 aromatic carbocycles. The number of hydrogen-bond acceptors (Lipinski definition) is 3. The predicted octanol–water partition coefficient (Wildman–Crippen LogP) is 4.83. The minimum Gasteiger partial charge on any atom is -0.479 e. The highest BCUT2D eigenvalue weighted by Gasteiger charge is 2.38. The van der Waals surface area contributed by atoms with Crippen LogP contribution in [-0.4, -0.2) is 11.1 Å². The highest BCUT2D eigenvalue weighted by Crippen LogP contribution is 2.38. The average Bonchev–Trinajstić information content (AvgIpc) is 2.58. The highest BCUT2D eigenvalue weighted by atomic mass is 19.4. The first kappa shape index (κ1) is 20.1. The summed E-state index contributed by atoms with van der Waals surface area (Å²) in [6.07, 6.45) is -10.2. The van der Waals surface area contributed by atoms with Gasteiger partial charge in [-0.05, 0) is 48.0 Å². The molecule has 0 spiro atoms. The maximum absolute atomic E-state index is 12.9. The van der Waals surface area contributed by atoms with Gasteiger partial charge in [-0.15, -0.1) is 0 Å². The molecule has 0 bridgehead atoms. The first-order chi connectivity index (χ1) is 12.4. The predicted molar refractivity (Wildman–Crippen MR) is 81.6 cm³/mol. The molecule has 0 heterocycles. The third kappa shape index (κ3) is 4.91. The van der Waals surface area contributed by atoms with E-state index in [0.717, 1.165) is 0 Å². The molecule has 2 aromatic rings. The number of carboxylic acids is 1. The zero-order valence-electron chi connectivity index (χ0n) is 13.2. The number of hydrogen-bond donors (Lipinski definition) is 2. The summed E-state index contributed by atoms with van der Waals surface area (Å²) in [5.41, 5.74) is -3.59. The van der Waals surface area contributed by atoms with Crippen molar-refractivity contribution in [2.75, 3.05) is 5.32 Å². The van der Waals surface area contributed by atoms with E-state index in [1.165, 1.54) is 24.3 Å². The zero-order valence-corrected chi connectivity index (χ0v) is 13.2. The first-order valence-electron chi connectivity index (χ1n) is 7.20. The standard InChI is InChI=1S/C17H10F6N2O2/c18-16(19,20)11-5-10(6-12(7-11)17(21,22)23)14(15(26)27)25-13-3-1-9(8-24)2-4-13/h1-7,14,25H,(H,26,27). The summed E-state index contributed by atoms with van der Waals surface area (Å²) in [6, 6.07) is 5.76. The van der Waals surface area contributed by atoms with Crippen LogP contribution >= 0.6 is 0 Å². The fraction of sp³-hybridized carbons (Fsp3) is 0.176. The smallest absolute Gasteiger partial charge is 0.416 e. The van der Waals surface area contributed by atoms with Gasteiger partial charge in [0.25, 0.3) is 0 Å². The van der Waals surface area contributed by atoms with Crippen LogP contribution in [0.2, 0.25) is 0 Å². The molecule has 142 valence electrons. The molecule has 0 aliphatic carbocycles. The third-order valence-electron chi connectivity index (χ3n) is 3.52. The van der Waals surface area contributed by atoms with Gasteiger partial charge in [0.05, 0.1) is 22.8 Å². The zero-order chi connectivity index (χ0) is 20.4. The molecule has 0 aromatic heterocycles. The van der Waals surface area contributed by atoms with Crippen LogP contribution in [0.25, 0.3) is 0 Å². The first-order valence-corrected chi connectivity index (χ1v) is 7.20. The Labute approximate surface area is 148 Å². The molecular formula is C17H10F6N2O2. The Balaban J connectivity index is 2.52. The van der Waals surface area contributed by atoms with E-state index >= 15 is 0 Å². The number of nitrogens with one attached hydrogen (secondary N) is 1. The van der Waals surface area contributed by atoms with Crippen LogP contribution in [0.1, 0.15) is 28.3 Å². The second-order valence-electron chi connectivity index (χ2n) is 5.44. The van der Waals surface area contributed by atoms with Crippen LogP contribution in [0.15, 0.2) is 42.5 Å². The summed E-state index contributed by atoms with van der Waals surface area (Å²) >= 11 is 0. The van der Waals surface area contributed by atoms with Gasteiger partial charge < -0.3 is 10.4 Å². The molecule has 2 N–H and O–H groups in total. The van der Waals surface area contributed by atoms with Crippen molar-refractivity contribution in [1.29, 1.82) is 5.26 Å². The van der Waals surface area contributed by atoms with Gasteiger partial charge in [-0.3, -0.25) is 0 Å². The SMILES string of the molecule is N#Cc1ccc(NC(C(=O)O)c2cc(C(F)(F)F)cc(C(F)(F)F)c2)cc1. The van der Waals surface area contributed by atoms with Gasteiger partial charge in [0.2, 0.25) is 0 Å². The highest BCUT2D eigenvalue weighted by molar-refractivity contribution is 5.79. The van der Waals surface area contributed by atoms with E-state index in [-0.39, 0.29) is 17.3 Å². The lowest BCUT2D eigenvalue weighted by Crippen LogP contribution is -2.22. The van der Waals surface area contributed by atoms with E-state index in [1.54, 1.807) is 0 Å². The van der Waals surface area contributed by atoms with E-state index in [1.807, 2.05) is 6.07 Å². The van der Waals surface area contributed by atoms with Crippen LogP contribution in [0.3, 0.4) is 0 Å². The molecule has 0 saturated carbocycles. The Morgan fingerprint density at radius 2 is 1.44 bits per heavy atom. The summed E-state index contributed by atoms with van der Waals surface area (Å²) in [4.78, 5) is 11.5. The Kier molecular flexibility index (Phi) is 5.35. The van der Waals surface area contributed by atoms with Crippen molar-refractivity contribution >= 4 is 11.7 Å². The van der Waals surface area contributed by atoms with Gasteiger partial charge in [-0.2, -0.15) is 31.6 Å². The van der Waals surface area contributed by atoms with Gasteiger partial charge >= 0.3 is 18.3 Å². The molecular weight excluding hydrogens is 378 g/mol. The summed E-state index contributed by atoms with van der Waals surface area (Å²) in [5.74, 6) is -1.67. The summed E-state index contributed by atoms with van der Waals surface area (Å²) in [5, 5.41) is 20.4. The molecule has 1 atom stereocenters. The molecule has 27 heavy (non-hydrogen) atoms. The maximum atomic E-state index is 12.9. The van der Waals surface area contributed by atoms with Crippen molar-refractivity contribution in [3.63, 3.8) is 0 Å². The lowest BCUT2D eigenvalue weighted by Gasteiger charge is -2.20. The Morgan fingerprint density at radius 3 is 1.81 bits per heavy atom. The minimum absolute atomic E-state index is 0.0792. The number of anilines is 1. The summed E-state index contributed by atoms with van der Waals surface area (Å²) < 4.78 is 77.7. The fourth-order valence-electron chi connectivity index (χ4n) is 2.24. The van der Waals surface area contributed by atoms with Gasteiger partial charge in [-0.1, -0.05) is 0 Å². The maximum Gasteiger partial charge on any atom is 0.416 e. The summed E-state index contributed by atoms with van der Waals surface area (Å²) in [7, 11) is 0. The number of carboxylic acid groups (broad SMARTS) is 1. The number of halogens is 6. The molecule has 0 aliphatic rings. The molecule has 0 amide bonds. The van der Waals surface area contributed by atoms with Crippen molar-refractivity contribution in [3.8, 4) is 6.07 Å². The molecule has 0 aliphatic heterocycles. The van der Waals surface area contributed by atoms with E-state index in [4.69, 9.17) is 5.26 Å². The normalized spacial score (nSPS) is 12.9. The Morgan fingerprint density at radius 1 is 0.963 bits per heavy atom. The van der Waals surface area contributed by atoms with E-state index in [9.17, 15) is 36.2 Å². The number of nitrogens with zero attached hydrogens (tertiary/aromatic N) is 1. The molecule has 1 unspecified atom stereocenters. The van der Waals surface area contributed by atoms with Crippen LogP contribution in [0.5, 0.6) is 0 Å². The molecule has 10 heteroatoms. The minimum atomic E-state index is -5.09. The van der Waals surface area contributed by atoms with Gasteiger partial charge in [0, 0.05) is 5.69 Å². The van der Waals surface area contributed by atoms with Crippen LogP contribution in [0.4, 0.5) is 32.0 Å². The second kappa shape index (κ2) is 7.19. The lowest BCUT2D eigenvalue weighted by molar-refractivity contribution is -0.144. The Bertz CT molecular complexity index is 850. The van der Waals surface area contributed by atoms with Gasteiger partial charge in [-0.25, -0.2) is 4.79 Å². The van der Waals surface area contributed by atoms with Crippen molar-refractivity contribution < 1.29 is 36.2 Å². The average molecular weight is 388 g/mol. The monoisotopic (exact) mass is 388 g/mol.